The smallest absolute Gasteiger partial charge is 0.246 e. The van der Waals surface area contributed by atoms with Gasteiger partial charge in [0.05, 0.1) is 0 Å². The number of carbonyl (C=O) groups is 2. The molecule has 3 N–H and O–H groups in total. The van der Waals surface area contributed by atoms with E-state index in [1.54, 1.807) is 6.92 Å². The summed E-state index contributed by atoms with van der Waals surface area (Å²) in [4.78, 5) is 21.3. The van der Waals surface area contributed by atoms with E-state index in [9.17, 15) is 9.59 Å². The molecule has 62 valence electrons. The zero-order chi connectivity index (χ0) is 9.02. The van der Waals surface area contributed by atoms with Crippen LogP contribution in [-0.4, -0.2) is 17.9 Å². The van der Waals surface area contributed by atoms with Crippen LogP contribution >= 0.6 is 0 Å². The number of hydrogen-bond donors (Lipinski definition) is 2. The lowest BCUT2D eigenvalue weighted by Gasteiger charge is -2.08. The van der Waals surface area contributed by atoms with Gasteiger partial charge in [-0.25, -0.2) is 0 Å². The van der Waals surface area contributed by atoms with Crippen molar-refractivity contribution in [3.63, 3.8) is 0 Å². The maximum absolute atomic E-state index is 10.8. The molecule has 0 rings (SSSR count). The molecule has 1 atom stereocenters. The summed E-state index contributed by atoms with van der Waals surface area (Å²) in [6, 6.07) is -0.640. The number of rotatable bonds is 3. The number of amides is 2. The molecule has 4 heteroatoms. The lowest BCUT2D eigenvalue weighted by Crippen LogP contribution is -2.42. The number of hydrogen-bond acceptors (Lipinski definition) is 2. The Hall–Kier alpha value is -1.32. The normalized spacial score (nSPS) is 11.8. The van der Waals surface area contributed by atoms with Crippen LogP contribution in [-0.2, 0) is 9.59 Å². The second-order valence-corrected chi connectivity index (χ2v) is 2.38. The average Bonchev–Trinajstić information content (AvgIpc) is 1.87. The molecule has 0 aromatic rings. The third-order valence-corrected chi connectivity index (χ3v) is 1.16. The third-order valence-electron chi connectivity index (χ3n) is 1.16. The van der Waals surface area contributed by atoms with E-state index in [4.69, 9.17) is 5.73 Å². The molecule has 0 spiro atoms. The Labute approximate surface area is 65.5 Å². The van der Waals surface area contributed by atoms with Crippen LogP contribution in [0, 0.1) is 0 Å². The van der Waals surface area contributed by atoms with Gasteiger partial charge >= 0.3 is 0 Å². The molecule has 0 unspecified atom stereocenters. The van der Waals surface area contributed by atoms with Crippen molar-refractivity contribution in [2.75, 3.05) is 0 Å². The van der Waals surface area contributed by atoms with Gasteiger partial charge in [-0.1, -0.05) is 6.58 Å². The summed E-state index contributed by atoms with van der Waals surface area (Å²) in [5.41, 5.74) is 5.26. The van der Waals surface area contributed by atoms with Gasteiger partial charge in [-0.3, -0.25) is 9.59 Å². The van der Waals surface area contributed by atoms with Gasteiger partial charge in [-0.2, -0.15) is 0 Å². The molecule has 0 aliphatic heterocycles. The molecule has 0 aromatic heterocycles. The van der Waals surface area contributed by atoms with E-state index in [-0.39, 0.29) is 5.91 Å². The quantitative estimate of drug-likeness (QED) is 0.543. The van der Waals surface area contributed by atoms with Crippen LogP contribution in [0.5, 0.6) is 0 Å². The van der Waals surface area contributed by atoms with Gasteiger partial charge < -0.3 is 11.1 Å². The van der Waals surface area contributed by atoms with Gasteiger partial charge in [0.15, 0.2) is 0 Å². The van der Waals surface area contributed by atoms with Crippen LogP contribution in [0.4, 0.5) is 0 Å². The number of nitrogens with one attached hydrogen (secondary N) is 1. The zero-order valence-corrected chi connectivity index (χ0v) is 6.68. The molecule has 0 aliphatic rings. The predicted molar refractivity (Wildman–Crippen MR) is 41.6 cm³/mol. The summed E-state index contributed by atoms with van der Waals surface area (Å²) in [7, 11) is 0. The fourth-order valence-corrected chi connectivity index (χ4v) is 0.391. The van der Waals surface area contributed by atoms with Crippen LogP contribution in [0.15, 0.2) is 12.2 Å². The standard InChI is InChI=1S/C7H12N2O2/c1-4(2)7(11)9-5(3)6(8)10/h5H,1H2,2-3H3,(H2,8,10)(H,9,11)/t5-/m0/s1. The SMILES string of the molecule is C=C(C)C(=O)N[C@@H](C)C(N)=O. The molecular formula is C7H12N2O2. The zero-order valence-electron chi connectivity index (χ0n) is 6.68. The Morgan fingerprint density at radius 1 is 1.55 bits per heavy atom. The summed E-state index contributed by atoms with van der Waals surface area (Å²) >= 11 is 0. The number of carbonyl (C=O) groups excluding carboxylic acids is 2. The van der Waals surface area contributed by atoms with Gasteiger partial charge in [0.2, 0.25) is 11.8 Å². The highest BCUT2D eigenvalue weighted by atomic mass is 16.2. The van der Waals surface area contributed by atoms with Crippen LogP contribution < -0.4 is 11.1 Å². The van der Waals surface area contributed by atoms with Crippen molar-refractivity contribution in [2.45, 2.75) is 19.9 Å². The summed E-state index contributed by atoms with van der Waals surface area (Å²) in [5, 5.41) is 2.37. The predicted octanol–water partition coefficient (Wildman–Crippen LogP) is -0.448. The van der Waals surface area contributed by atoms with E-state index in [0.717, 1.165) is 0 Å². The summed E-state index contributed by atoms with van der Waals surface area (Å²) in [6.07, 6.45) is 0. The Balaban J connectivity index is 3.95. The molecule has 0 bridgehead atoms. The van der Waals surface area contributed by atoms with E-state index in [1.807, 2.05) is 0 Å². The lowest BCUT2D eigenvalue weighted by molar-refractivity contribution is -0.124. The Kier molecular flexibility index (Phi) is 3.30. The minimum Gasteiger partial charge on any atom is -0.368 e. The Morgan fingerprint density at radius 3 is 2.27 bits per heavy atom. The Morgan fingerprint density at radius 2 is 2.00 bits per heavy atom. The third kappa shape index (κ3) is 3.40. The minimum atomic E-state index is -0.640. The minimum absolute atomic E-state index is 0.351. The first kappa shape index (κ1) is 9.68. The number of nitrogens with two attached hydrogens (primary N) is 1. The average molecular weight is 156 g/mol. The van der Waals surface area contributed by atoms with Gasteiger partial charge in [-0.15, -0.1) is 0 Å². The van der Waals surface area contributed by atoms with Crippen LogP contribution in [0.1, 0.15) is 13.8 Å². The second-order valence-electron chi connectivity index (χ2n) is 2.38. The highest BCUT2D eigenvalue weighted by Crippen LogP contribution is 1.87. The maximum Gasteiger partial charge on any atom is 0.246 e. The van der Waals surface area contributed by atoms with Crippen molar-refractivity contribution in [1.29, 1.82) is 0 Å². The summed E-state index contributed by atoms with van der Waals surface area (Å²) < 4.78 is 0. The first-order chi connectivity index (χ1) is 4.95. The molecule has 0 radical (unpaired) electrons. The van der Waals surface area contributed by atoms with Crippen molar-refractivity contribution in [1.82, 2.24) is 5.32 Å². The van der Waals surface area contributed by atoms with Gasteiger partial charge in [0.1, 0.15) is 6.04 Å². The van der Waals surface area contributed by atoms with E-state index in [2.05, 4.69) is 11.9 Å². The highest BCUT2D eigenvalue weighted by Gasteiger charge is 2.11. The van der Waals surface area contributed by atoms with E-state index in [1.165, 1.54) is 6.92 Å². The van der Waals surface area contributed by atoms with E-state index < -0.39 is 11.9 Å². The summed E-state index contributed by atoms with van der Waals surface area (Å²) in [6.45, 7) is 6.48. The molecule has 4 nitrogen and oxygen atoms in total. The highest BCUT2D eigenvalue weighted by molar-refractivity contribution is 5.95. The molecule has 0 fully saturated rings. The molecule has 2 amide bonds. The lowest BCUT2D eigenvalue weighted by atomic mass is 10.2. The van der Waals surface area contributed by atoms with Gasteiger partial charge in [0.25, 0.3) is 0 Å². The van der Waals surface area contributed by atoms with Gasteiger partial charge in [0, 0.05) is 5.57 Å². The largest absolute Gasteiger partial charge is 0.368 e. The summed E-state index contributed by atoms with van der Waals surface area (Å²) in [5.74, 6) is -0.907. The topological polar surface area (TPSA) is 72.2 Å². The van der Waals surface area contributed by atoms with Crippen molar-refractivity contribution in [3.05, 3.63) is 12.2 Å². The second kappa shape index (κ2) is 3.75. The fourth-order valence-electron chi connectivity index (χ4n) is 0.391. The van der Waals surface area contributed by atoms with Crippen molar-refractivity contribution in [3.8, 4) is 0 Å². The molecule has 0 aromatic carbocycles. The first-order valence-corrected chi connectivity index (χ1v) is 3.21. The van der Waals surface area contributed by atoms with E-state index in [0.29, 0.717) is 5.57 Å². The monoisotopic (exact) mass is 156 g/mol. The molecule has 0 aliphatic carbocycles. The van der Waals surface area contributed by atoms with E-state index >= 15 is 0 Å². The van der Waals surface area contributed by atoms with Crippen molar-refractivity contribution >= 4 is 11.8 Å². The van der Waals surface area contributed by atoms with Crippen molar-refractivity contribution in [2.24, 2.45) is 5.73 Å². The van der Waals surface area contributed by atoms with Crippen LogP contribution in [0.3, 0.4) is 0 Å². The molecule has 0 saturated heterocycles. The number of primary amides is 1. The molecule has 11 heavy (non-hydrogen) atoms. The molecule has 0 saturated carbocycles. The molecular weight excluding hydrogens is 144 g/mol. The first-order valence-electron chi connectivity index (χ1n) is 3.21. The van der Waals surface area contributed by atoms with Crippen LogP contribution in [0.2, 0.25) is 0 Å². The maximum atomic E-state index is 10.8. The van der Waals surface area contributed by atoms with Crippen molar-refractivity contribution < 1.29 is 9.59 Å². The Bertz CT molecular complexity index is 199. The fraction of sp³-hybridized carbons (Fsp3) is 0.429. The molecule has 0 heterocycles. The van der Waals surface area contributed by atoms with Gasteiger partial charge in [-0.05, 0) is 13.8 Å². The van der Waals surface area contributed by atoms with Crippen LogP contribution in [0.25, 0.3) is 0 Å².